The second-order valence-corrected chi connectivity index (χ2v) is 4.19. The molecule has 2 heteroatoms. The molecule has 1 rings (SSSR count). The minimum absolute atomic E-state index is 0.108. The first kappa shape index (κ1) is 10.7. The van der Waals surface area contributed by atoms with Crippen LogP contribution in [-0.4, -0.2) is 0 Å². The SMILES string of the molecule is CCCC(C)c1cccc(Br)c1F. The molecule has 0 N–H and O–H groups in total. The molecule has 0 aromatic heterocycles. The molecular weight excluding hydrogens is 231 g/mol. The van der Waals surface area contributed by atoms with Gasteiger partial charge in [-0.3, -0.25) is 0 Å². The third-order valence-corrected chi connectivity index (χ3v) is 2.85. The molecule has 1 aromatic carbocycles. The molecule has 0 radical (unpaired) electrons. The van der Waals surface area contributed by atoms with Gasteiger partial charge in [-0.25, -0.2) is 4.39 Å². The average Bonchev–Trinajstić information content (AvgIpc) is 2.10. The summed E-state index contributed by atoms with van der Waals surface area (Å²) in [6.45, 7) is 4.18. The van der Waals surface area contributed by atoms with Crippen LogP contribution in [-0.2, 0) is 0 Å². The molecule has 0 fully saturated rings. The molecule has 13 heavy (non-hydrogen) atoms. The Morgan fingerprint density at radius 1 is 1.46 bits per heavy atom. The van der Waals surface area contributed by atoms with Gasteiger partial charge in [-0.1, -0.05) is 32.4 Å². The first-order chi connectivity index (χ1) is 6.16. The van der Waals surface area contributed by atoms with E-state index in [-0.39, 0.29) is 5.82 Å². The van der Waals surface area contributed by atoms with E-state index in [4.69, 9.17) is 0 Å². The van der Waals surface area contributed by atoms with Gasteiger partial charge in [0.05, 0.1) is 4.47 Å². The maximum atomic E-state index is 13.5. The van der Waals surface area contributed by atoms with Crippen LogP contribution < -0.4 is 0 Å². The summed E-state index contributed by atoms with van der Waals surface area (Å²) in [5, 5.41) is 0. The summed E-state index contributed by atoms with van der Waals surface area (Å²) in [5.74, 6) is 0.200. The van der Waals surface area contributed by atoms with E-state index in [2.05, 4.69) is 29.8 Å². The van der Waals surface area contributed by atoms with Crippen LogP contribution >= 0.6 is 15.9 Å². The Morgan fingerprint density at radius 2 is 2.15 bits per heavy atom. The van der Waals surface area contributed by atoms with Gasteiger partial charge in [0.2, 0.25) is 0 Å². The van der Waals surface area contributed by atoms with Crippen LogP contribution in [0, 0.1) is 5.82 Å². The molecule has 0 aliphatic rings. The van der Waals surface area contributed by atoms with Crippen molar-refractivity contribution in [2.45, 2.75) is 32.6 Å². The van der Waals surface area contributed by atoms with Gasteiger partial charge in [-0.05, 0) is 39.9 Å². The number of rotatable bonds is 3. The first-order valence-electron chi connectivity index (χ1n) is 4.60. The Morgan fingerprint density at radius 3 is 2.77 bits per heavy atom. The Balaban J connectivity index is 2.93. The summed E-state index contributed by atoms with van der Waals surface area (Å²) in [6.07, 6.45) is 2.13. The summed E-state index contributed by atoms with van der Waals surface area (Å²) in [7, 11) is 0. The summed E-state index contributed by atoms with van der Waals surface area (Å²) >= 11 is 3.19. The number of hydrogen-bond donors (Lipinski definition) is 0. The lowest BCUT2D eigenvalue weighted by Crippen LogP contribution is -1.97. The largest absolute Gasteiger partial charge is 0.205 e. The molecule has 0 aliphatic heterocycles. The van der Waals surface area contributed by atoms with E-state index in [9.17, 15) is 4.39 Å². The minimum Gasteiger partial charge on any atom is -0.205 e. The van der Waals surface area contributed by atoms with Crippen LogP contribution in [0.15, 0.2) is 22.7 Å². The quantitative estimate of drug-likeness (QED) is 0.735. The van der Waals surface area contributed by atoms with Gasteiger partial charge in [-0.15, -0.1) is 0 Å². The lowest BCUT2D eigenvalue weighted by Gasteiger charge is -2.11. The molecule has 0 amide bonds. The highest BCUT2D eigenvalue weighted by atomic mass is 79.9. The number of halogens is 2. The zero-order chi connectivity index (χ0) is 9.84. The highest BCUT2D eigenvalue weighted by Crippen LogP contribution is 2.27. The van der Waals surface area contributed by atoms with Crippen molar-refractivity contribution < 1.29 is 4.39 Å². The lowest BCUT2D eigenvalue weighted by molar-refractivity contribution is 0.566. The van der Waals surface area contributed by atoms with Gasteiger partial charge in [0.25, 0.3) is 0 Å². The fourth-order valence-corrected chi connectivity index (χ4v) is 1.87. The molecule has 0 saturated heterocycles. The molecule has 1 atom stereocenters. The van der Waals surface area contributed by atoms with E-state index in [1.807, 2.05) is 12.1 Å². The van der Waals surface area contributed by atoms with Gasteiger partial charge in [0.1, 0.15) is 5.82 Å². The third kappa shape index (κ3) is 2.53. The summed E-state index contributed by atoms with van der Waals surface area (Å²) < 4.78 is 14.1. The second kappa shape index (κ2) is 4.75. The highest BCUT2D eigenvalue weighted by Gasteiger charge is 2.11. The van der Waals surface area contributed by atoms with Crippen molar-refractivity contribution in [1.29, 1.82) is 0 Å². The summed E-state index contributed by atoms with van der Waals surface area (Å²) in [5.41, 5.74) is 0.816. The molecular formula is C11H14BrF. The Labute approximate surface area is 87.3 Å². The van der Waals surface area contributed by atoms with Crippen LogP contribution in [0.1, 0.15) is 38.2 Å². The van der Waals surface area contributed by atoms with Gasteiger partial charge in [0.15, 0.2) is 0 Å². The van der Waals surface area contributed by atoms with Crippen molar-refractivity contribution in [3.8, 4) is 0 Å². The van der Waals surface area contributed by atoms with Crippen molar-refractivity contribution in [3.63, 3.8) is 0 Å². The normalized spacial score (nSPS) is 12.9. The van der Waals surface area contributed by atoms with E-state index >= 15 is 0 Å². The van der Waals surface area contributed by atoms with E-state index in [0.717, 1.165) is 18.4 Å². The van der Waals surface area contributed by atoms with Crippen molar-refractivity contribution in [1.82, 2.24) is 0 Å². The molecule has 1 aromatic rings. The molecule has 0 bridgehead atoms. The first-order valence-corrected chi connectivity index (χ1v) is 5.40. The maximum Gasteiger partial charge on any atom is 0.140 e. The van der Waals surface area contributed by atoms with Gasteiger partial charge in [0, 0.05) is 0 Å². The third-order valence-electron chi connectivity index (χ3n) is 2.23. The van der Waals surface area contributed by atoms with Gasteiger partial charge < -0.3 is 0 Å². The van der Waals surface area contributed by atoms with Crippen molar-refractivity contribution in [2.75, 3.05) is 0 Å². The number of hydrogen-bond acceptors (Lipinski definition) is 0. The van der Waals surface area contributed by atoms with Crippen LogP contribution in [0.2, 0.25) is 0 Å². The zero-order valence-corrected chi connectivity index (χ0v) is 9.57. The van der Waals surface area contributed by atoms with Crippen LogP contribution in [0.3, 0.4) is 0 Å². The predicted molar refractivity (Wildman–Crippen MR) is 57.4 cm³/mol. The van der Waals surface area contributed by atoms with Crippen LogP contribution in [0.5, 0.6) is 0 Å². The maximum absolute atomic E-state index is 13.5. The fourth-order valence-electron chi connectivity index (χ4n) is 1.49. The van der Waals surface area contributed by atoms with Crippen molar-refractivity contribution >= 4 is 15.9 Å². The lowest BCUT2D eigenvalue weighted by atomic mass is 9.96. The van der Waals surface area contributed by atoms with E-state index in [0.29, 0.717) is 10.4 Å². The Bertz CT molecular complexity index is 283. The highest BCUT2D eigenvalue weighted by molar-refractivity contribution is 9.10. The van der Waals surface area contributed by atoms with Crippen LogP contribution in [0.4, 0.5) is 4.39 Å². The van der Waals surface area contributed by atoms with Crippen molar-refractivity contribution in [3.05, 3.63) is 34.1 Å². The molecule has 72 valence electrons. The smallest absolute Gasteiger partial charge is 0.140 e. The fraction of sp³-hybridized carbons (Fsp3) is 0.455. The summed E-state index contributed by atoms with van der Waals surface area (Å²) in [6, 6.07) is 5.48. The Hall–Kier alpha value is -0.370. The van der Waals surface area contributed by atoms with Gasteiger partial charge in [-0.2, -0.15) is 0 Å². The molecule has 1 unspecified atom stereocenters. The molecule has 0 nitrogen and oxygen atoms in total. The topological polar surface area (TPSA) is 0 Å². The molecule has 0 spiro atoms. The van der Waals surface area contributed by atoms with E-state index in [1.54, 1.807) is 6.07 Å². The minimum atomic E-state index is -0.108. The molecule has 0 saturated carbocycles. The van der Waals surface area contributed by atoms with Crippen LogP contribution in [0.25, 0.3) is 0 Å². The van der Waals surface area contributed by atoms with E-state index in [1.165, 1.54) is 0 Å². The van der Waals surface area contributed by atoms with Crippen molar-refractivity contribution in [2.24, 2.45) is 0 Å². The summed E-state index contributed by atoms with van der Waals surface area (Å²) in [4.78, 5) is 0. The Kier molecular flexibility index (Phi) is 3.91. The van der Waals surface area contributed by atoms with Gasteiger partial charge >= 0.3 is 0 Å². The predicted octanol–water partition coefficient (Wildman–Crippen LogP) is 4.49. The monoisotopic (exact) mass is 244 g/mol. The second-order valence-electron chi connectivity index (χ2n) is 3.33. The number of benzene rings is 1. The standard InChI is InChI=1S/C11H14BrF/c1-3-5-8(2)9-6-4-7-10(12)11(9)13/h4,6-8H,3,5H2,1-2H3. The zero-order valence-electron chi connectivity index (χ0n) is 7.98. The van der Waals surface area contributed by atoms with E-state index < -0.39 is 0 Å². The average molecular weight is 245 g/mol. The molecule has 0 heterocycles. The molecule has 0 aliphatic carbocycles.